The summed E-state index contributed by atoms with van der Waals surface area (Å²) in [6, 6.07) is 5.60. The summed E-state index contributed by atoms with van der Waals surface area (Å²) in [5.74, 6) is 0. The Kier molecular flexibility index (Phi) is 5.87. The molecule has 0 aromatic heterocycles. The van der Waals surface area contributed by atoms with E-state index < -0.39 is 0 Å². The van der Waals surface area contributed by atoms with Crippen molar-refractivity contribution in [2.24, 2.45) is 0 Å². The molecule has 1 saturated heterocycles. The number of rotatable bonds is 3. The van der Waals surface area contributed by atoms with E-state index in [1.807, 2.05) is 12.1 Å². The minimum absolute atomic E-state index is 0. The number of ether oxygens (including phenoxy) is 1. The smallest absolute Gasteiger partial charge is 0.0721 e. The van der Waals surface area contributed by atoms with Gasteiger partial charge < -0.3 is 10.1 Å². The summed E-state index contributed by atoms with van der Waals surface area (Å²) in [7, 11) is 0. The first-order chi connectivity index (χ1) is 7.25. The molecule has 1 aromatic rings. The minimum atomic E-state index is 0. The largest absolute Gasteiger partial charge is 0.372 e. The SMILES string of the molecule is Cl.Clc1ccc(COC2CCNC2)cc1Cl. The van der Waals surface area contributed by atoms with Crippen LogP contribution in [0.4, 0.5) is 0 Å². The summed E-state index contributed by atoms with van der Waals surface area (Å²) in [4.78, 5) is 0. The molecule has 5 heteroatoms. The third kappa shape index (κ3) is 3.79. The lowest BCUT2D eigenvalue weighted by Crippen LogP contribution is -2.16. The fourth-order valence-electron chi connectivity index (χ4n) is 1.61. The molecule has 0 bridgehead atoms. The van der Waals surface area contributed by atoms with Gasteiger partial charge in [0.25, 0.3) is 0 Å². The van der Waals surface area contributed by atoms with Crippen LogP contribution in [0.1, 0.15) is 12.0 Å². The highest BCUT2D eigenvalue weighted by atomic mass is 35.5. The molecule has 0 spiro atoms. The van der Waals surface area contributed by atoms with E-state index in [1.165, 1.54) is 0 Å². The zero-order valence-electron chi connectivity index (χ0n) is 8.71. The van der Waals surface area contributed by atoms with Crippen molar-refractivity contribution in [3.05, 3.63) is 33.8 Å². The minimum Gasteiger partial charge on any atom is -0.372 e. The molecule has 0 aliphatic carbocycles. The summed E-state index contributed by atoms with van der Waals surface area (Å²) in [5.41, 5.74) is 1.07. The van der Waals surface area contributed by atoms with Crippen LogP contribution in [0.3, 0.4) is 0 Å². The van der Waals surface area contributed by atoms with Gasteiger partial charge in [-0.3, -0.25) is 0 Å². The molecule has 1 fully saturated rings. The molecule has 0 radical (unpaired) electrons. The van der Waals surface area contributed by atoms with Gasteiger partial charge in [0.1, 0.15) is 0 Å². The van der Waals surface area contributed by atoms with Gasteiger partial charge in [0, 0.05) is 6.54 Å². The molecule has 1 unspecified atom stereocenters. The Balaban J connectivity index is 0.00000128. The van der Waals surface area contributed by atoms with E-state index in [9.17, 15) is 0 Å². The first kappa shape index (κ1) is 14.1. The van der Waals surface area contributed by atoms with Crippen molar-refractivity contribution < 1.29 is 4.74 Å². The van der Waals surface area contributed by atoms with E-state index in [2.05, 4.69) is 5.32 Å². The molecule has 1 atom stereocenters. The maximum absolute atomic E-state index is 5.91. The van der Waals surface area contributed by atoms with E-state index in [1.54, 1.807) is 6.07 Å². The summed E-state index contributed by atoms with van der Waals surface area (Å²) >= 11 is 11.7. The first-order valence-electron chi connectivity index (χ1n) is 5.02. The molecule has 90 valence electrons. The molecule has 1 aliphatic heterocycles. The summed E-state index contributed by atoms with van der Waals surface area (Å²) in [5, 5.41) is 4.43. The highest BCUT2D eigenvalue weighted by Gasteiger charge is 2.14. The Labute approximate surface area is 112 Å². The quantitative estimate of drug-likeness (QED) is 0.918. The van der Waals surface area contributed by atoms with Gasteiger partial charge in [-0.25, -0.2) is 0 Å². The number of hydrogen-bond acceptors (Lipinski definition) is 2. The normalized spacial score (nSPS) is 19.5. The van der Waals surface area contributed by atoms with Crippen molar-refractivity contribution in [2.45, 2.75) is 19.1 Å². The third-order valence-electron chi connectivity index (χ3n) is 2.48. The Morgan fingerprint density at radius 3 is 2.75 bits per heavy atom. The van der Waals surface area contributed by atoms with Crippen LogP contribution < -0.4 is 5.32 Å². The molecule has 1 heterocycles. The standard InChI is InChI=1S/C11H13Cl2NO.ClH/c12-10-2-1-8(5-11(10)13)7-15-9-3-4-14-6-9;/h1-2,5,9,14H,3-4,6-7H2;1H. The van der Waals surface area contributed by atoms with Crippen molar-refractivity contribution in [1.29, 1.82) is 0 Å². The van der Waals surface area contributed by atoms with Crippen LogP contribution >= 0.6 is 35.6 Å². The lowest BCUT2D eigenvalue weighted by molar-refractivity contribution is 0.0542. The lowest BCUT2D eigenvalue weighted by Gasteiger charge is -2.10. The Bertz CT molecular complexity index is 340. The van der Waals surface area contributed by atoms with Crippen molar-refractivity contribution in [3.63, 3.8) is 0 Å². The number of nitrogens with one attached hydrogen (secondary N) is 1. The van der Waals surface area contributed by atoms with Crippen molar-refractivity contribution >= 4 is 35.6 Å². The molecule has 2 rings (SSSR count). The fraction of sp³-hybridized carbons (Fsp3) is 0.455. The van der Waals surface area contributed by atoms with E-state index in [-0.39, 0.29) is 12.4 Å². The lowest BCUT2D eigenvalue weighted by atomic mass is 10.2. The van der Waals surface area contributed by atoms with Crippen molar-refractivity contribution in [2.75, 3.05) is 13.1 Å². The van der Waals surface area contributed by atoms with Crippen LogP contribution in [0.5, 0.6) is 0 Å². The second kappa shape index (κ2) is 6.67. The molecule has 2 nitrogen and oxygen atoms in total. The van der Waals surface area contributed by atoms with Crippen molar-refractivity contribution in [3.8, 4) is 0 Å². The van der Waals surface area contributed by atoms with Crippen LogP contribution in [-0.4, -0.2) is 19.2 Å². The molecular weight excluding hydrogens is 268 g/mol. The van der Waals surface area contributed by atoms with Gasteiger partial charge in [-0.2, -0.15) is 0 Å². The van der Waals surface area contributed by atoms with Crippen LogP contribution in [-0.2, 0) is 11.3 Å². The van der Waals surface area contributed by atoms with E-state index in [4.69, 9.17) is 27.9 Å². The van der Waals surface area contributed by atoms with Gasteiger partial charge in [0.05, 0.1) is 22.8 Å². The molecule has 0 saturated carbocycles. The zero-order valence-corrected chi connectivity index (χ0v) is 11.0. The summed E-state index contributed by atoms with van der Waals surface area (Å²) in [6.45, 7) is 2.59. The van der Waals surface area contributed by atoms with Crippen LogP contribution in [0.25, 0.3) is 0 Å². The van der Waals surface area contributed by atoms with Gasteiger partial charge >= 0.3 is 0 Å². The van der Waals surface area contributed by atoms with Gasteiger partial charge in [0.15, 0.2) is 0 Å². The molecule has 0 amide bonds. The number of benzene rings is 1. The number of hydrogen-bond donors (Lipinski definition) is 1. The van der Waals surface area contributed by atoms with Crippen molar-refractivity contribution in [1.82, 2.24) is 5.32 Å². The average Bonchev–Trinajstić information content (AvgIpc) is 2.73. The van der Waals surface area contributed by atoms with Gasteiger partial charge in [-0.15, -0.1) is 12.4 Å². The topological polar surface area (TPSA) is 21.3 Å². The second-order valence-corrected chi connectivity index (χ2v) is 4.49. The van der Waals surface area contributed by atoms with Crippen LogP contribution in [0, 0.1) is 0 Å². The maximum atomic E-state index is 5.91. The van der Waals surface area contributed by atoms with Gasteiger partial charge in [-0.05, 0) is 30.7 Å². The van der Waals surface area contributed by atoms with Gasteiger partial charge in [-0.1, -0.05) is 29.3 Å². The fourth-order valence-corrected chi connectivity index (χ4v) is 1.93. The molecular formula is C11H14Cl3NO. The third-order valence-corrected chi connectivity index (χ3v) is 3.22. The Morgan fingerprint density at radius 2 is 2.12 bits per heavy atom. The van der Waals surface area contributed by atoms with Crippen LogP contribution in [0.15, 0.2) is 18.2 Å². The Hall–Kier alpha value is 0.01000. The van der Waals surface area contributed by atoms with Crippen LogP contribution in [0.2, 0.25) is 10.0 Å². The average molecular weight is 283 g/mol. The van der Waals surface area contributed by atoms with E-state index in [0.29, 0.717) is 22.8 Å². The zero-order chi connectivity index (χ0) is 10.7. The van der Waals surface area contributed by atoms with Gasteiger partial charge in [0.2, 0.25) is 0 Å². The highest BCUT2D eigenvalue weighted by molar-refractivity contribution is 6.42. The molecule has 1 N–H and O–H groups in total. The molecule has 1 aliphatic rings. The molecule has 1 aromatic carbocycles. The first-order valence-corrected chi connectivity index (χ1v) is 5.77. The number of halogens is 3. The summed E-state index contributed by atoms with van der Waals surface area (Å²) < 4.78 is 5.72. The monoisotopic (exact) mass is 281 g/mol. The van der Waals surface area contributed by atoms with E-state index >= 15 is 0 Å². The maximum Gasteiger partial charge on any atom is 0.0721 e. The second-order valence-electron chi connectivity index (χ2n) is 3.67. The highest BCUT2D eigenvalue weighted by Crippen LogP contribution is 2.23. The van der Waals surface area contributed by atoms with E-state index in [0.717, 1.165) is 25.1 Å². The predicted molar refractivity (Wildman–Crippen MR) is 69.8 cm³/mol. The summed E-state index contributed by atoms with van der Waals surface area (Å²) in [6.07, 6.45) is 1.42. The predicted octanol–water partition coefficient (Wildman–Crippen LogP) is 3.29. The molecule has 16 heavy (non-hydrogen) atoms. The Morgan fingerprint density at radius 1 is 1.31 bits per heavy atom.